The van der Waals surface area contributed by atoms with Gasteiger partial charge in [-0.1, -0.05) is 6.92 Å². The van der Waals surface area contributed by atoms with Crippen molar-refractivity contribution in [2.24, 2.45) is 11.1 Å². The Balaban J connectivity index is 2.50. The summed E-state index contributed by atoms with van der Waals surface area (Å²) >= 11 is 0. The van der Waals surface area contributed by atoms with E-state index in [4.69, 9.17) is 9.94 Å². The van der Waals surface area contributed by atoms with E-state index in [1.54, 1.807) is 6.21 Å². The van der Waals surface area contributed by atoms with Crippen molar-refractivity contribution in [1.82, 2.24) is 0 Å². The van der Waals surface area contributed by atoms with Gasteiger partial charge >= 0.3 is 0 Å². The van der Waals surface area contributed by atoms with Crippen LogP contribution in [-0.4, -0.2) is 23.6 Å². The third kappa shape index (κ3) is 2.21. The van der Waals surface area contributed by atoms with Crippen molar-refractivity contribution in [2.45, 2.75) is 38.7 Å². The minimum atomic E-state index is -0.00981. The molecule has 1 aliphatic rings. The van der Waals surface area contributed by atoms with Crippen molar-refractivity contribution in [2.75, 3.05) is 6.61 Å². The molecule has 1 saturated heterocycles. The van der Waals surface area contributed by atoms with Gasteiger partial charge in [0, 0.05) is 18.7 Å². The summed E-state index contributed by atoms with van der Waals surface area (Å²) in [5, 5.41) is 11.5. The molecule has 1 aliphatic heterocycles. The Hall–Kier alpha value is -0.570. The molecule has 0 aromatic rings. The van der Waals surface area contributed by atoms with Crippen LogP contribution in [0, 0.1) is 5.92 Å². The summed E-state index contributed by atoms with van der Waals surface area (Å²) in [6.45, 7) is 5.02. The van der Waals surface area contributed by atoms with Crippen LogP contribution in [0.1, 0.15) is 33.1 Å². The van der Waals surface area contributed by atoms with Gasteiger partial charge in [0.15, 0.2) is 0 Å². The molecule has 0 bridgehead atoms. The monoisotopic (exact) mass is 171 g/mol. The molecule has 70 valence electrons. The second kappa shape index (κ2) is 3.90. The molecule has 0 saturated carbocycles. The number of hydrogen-bond donors (Lipinski definition) is 1. The van der Waals surface area contributed by atoms with Gasteiger partial charge < -0.3 is 9.94 Å². The second-order valence-electron chi connectivity index (χ2n) is 3.67. The summed E-state index contributed by atoms with van der Waals surface area (Å²) in [5.41, 5.74) is -0.00981. The fourth-order valence-corrected chi connectivity index (χ4v) is 1.64. The van der Waals surface area contributed by atoms with Gasteiger partial charge in [0.05, 0.1) is 5.60 Å². The Morgan fingerprint density at radius 2 is 2.50 bits per heavy atom. The molecule has 3 nitrogen and oxygen atoms in total. The summed E-state index contributed by atoms with van der Waals surface area (Å²) in [6, 6.07) is 0. The Morgan fingerprint density at radius 3 is 3.08 bits per heavy atom. The minimum Gasteiger partial charge on any atom is -0.411 e. The Kier molecular flexibility index (Phi) is 3.09. The van der Waals surface area contributed by atoms with E-state index < -0.39 is 0 Å². The van der Waals surface area contributed by atoms with E-state index >= 15 is 0 Å². The van der Waals surface area contributed by atoms with Gasteiger partial charge in [-0.15, -0.1) is 5.16 Å². The molecule has 0 amide bonds. The molecular formula is C9H17NO2. The zero-order valence-corrected chi connectivity index (χ0v) is 7.79. The Bertz CT molecular complexity index is 170. The molecule has 0 spiro atoms. The van der Waals surface area contributed by atoms with Crippen molar-refractivity contribution in [3.63, 3.8) is 0 Å². The average Bonchev–Trinajstić information content (AvgIpc) is 2.05. The molecular weight excluding hydrogens is 154 g/mol. The van der Waals surface area contributed by atoms with Gasteiger partial charge in [0.1, 0.15) is 0 Å². The van der Waals surface area contributed by atoms with Crippen LogP contribution in [0.4, 0.5) is 0 Å². The number of nitrogens with zero attached hydrogens (tertiary/aromatic N) is 1. The standard InChI is InChI=1S/C9H17NO2/c1-3-9(2)6-8(7-10-11)4-5-12-9/h7-8,11H,3-6H2,1-2H3/b10-7-/t8-,9+/m1/s1. The van der Waals surface area contributed by atoms with Crippen molar-refractivity contribution < 1.29 is 9.94 Å². The van der Waals surface area contributed by atoms with Crippen LogP contribution in [0.15, 0.2) is 5.16 Å². The van der Waals surface area contributed by atoms with Crippen LogP contribution < -0.4 is 0 Å². The van der Waals surface area contributed by atoms with E-state index in [0.29, 0.717) is 5.92 Å². The smallest absolute Gasteiger partial charge is 0.0658 e. The zero-order chi connectivity index (χ0) is 9.03. The first-order valence-corrected chi connectivity index (χ1v) is 4.52. The van der Waals surface area contributed by atoms with Crippen LogP contribution in [0.25, 0.3) is 0 Å². The summed E-state index contributed by atoms with van der Waals surface area (Å²) in [4.78, 5) is 0. The first-order chi connectivity index (χ1) is 5.70. The SMILES string of the molecule is CC[C@@]1(C)C[C@H](/C=N\O)CCO1. The predicted octanol–water partition coefficient (Wildman–Crippen LogP) is 2.04. The lowest BCUT2D eigenvalue weighted by Crippen LogP contribution is -2.36. The van der Waals surface area contributed by atoms with Crippen molar-refractivity contribution in [1.29, 1.82) is 0 Å². The molecule has 1 N–H and O–H groups in total. The highest BCUT2D eigenvalue weighted by Gasteiger charge is 2.30. The van der Waals surface area contributed by atoms with Crippen molar-refractivity contribution in [3.05, 3.63) is 0 Å². The molecule has 0 unspecified atom stereocenters. The lowest BCUT2D eigenvalue weighted by Gasteiger charge is -2.36. The highest BCUT2D eigenvalue weighted by molar-refractivity contribution is 5.60. The number of hydrogen-bond acceptors (Lipinski definition) is 3. The maximum atomic E-state index is 8.39. The van der Waals surface area contributed by atoms with Gasteiger partial charge in [0.2, 0.25) is 0 Å². The van der Waals surface area contributed by atoms with E-state index in [9.17, 15) is 0 Å². The van der Waals surface area contributed by atoms with Crippen LogP contribution >= 0.6 is 0 Å². The van der Waals surface area contributed by atoms with Crippen LogP contribution in [-0.2, 0) is 4.74 Å². The summed E-state index contributed by atoms with van der Waals surface area (Å²) in [7, 11) is 0. The molecule has 0 aromatic heterocycles. The normalized spacial score (nSPS) is 37.3. The molecule has 0 aromatic carbocycles. The van der Waals surface area contributed by atoms with Gasteiger partial charge in [-0.05, 0) is 26.2 Å². The van der Waals surface area contributed by atoms with E-state index in [2.05, 4.69) is 19.0 Å². The first-order valence-electron chi connectivity index (χ1n) is 4.52. The topological polar surface area (TPSA) is 41.8 Å². The largest absolute Gasteiger partial charge is 0.411 e. The van der Waals surface area contributed by atoms with Crippen LogP contribution in [0.3, 0.4) is 0 Å². The van der Waals surface area contributed by atoms with Gasteiger partial charge in [0.25, 0.3) is 0 Å². The van der Waals surface area contributed by atoms with Crippen LogP contribution in [0.5, 0.6) is 0 Å². The van der Waals surface area contributed by atoms with E-state index in [-0.39, 0.29) is 5.60 Å². The quantitative estimate of drug-likeness (QED) is 0.392. The Morgan fingerprint density at radius 1 is 1.75 bits per heavy atom. The number of rotatable bonds is 2. The molecule has 1 fully saturated rings. The molecule has 0 aliphatic carbocycles. The summed E-state index contributed by atoms with van der Waals surface area (Å²) < 4.78 is 5.65. The highest BCUT2D eigenvalue weighted by atomic mass is 16.5. The lowest BCUT2D eigenvalue weighted by molar-refractivity contribution is -0.0764. The maximum Gasteiger partial charge on any atom is 0.0658 e. The first kappa shape index (κ1) is 9.52. The fraction of sp³-hybridized carbons (Fsp3) is 0.889. The minimum absolute atomic E-state index is 0.00981. The molecule has 2 atom stereocenters. The third-order valence-electron chi connectivity index (χ3n) is 2.66. The second-order valence-corrected chi connectivity index (χ2v) is 3.67. The highest BCUT2D eigenvalue weighted by Crippen LogP contribution is 2.30. The zero-order valence-electron chi connectivity index (χ0n) is 7.79. The average molecular weight is 171 g/mol. The fourth-order valence-electron chi connectivity index (χ4n) is 1.64. The maximum absolute atomic E-state index is 8.39. The summed E-state index contributed by atoms with van der Waals surface area (Å²) in [6.07, 6.45) is 4.58. The van der Waals surface area contributed by atoms with Crippen LogP contribution in [0.2, 0.25) is 0 Å². The molecule has 0 radical (unpaired) electrons. The van der Waals surface area contributed by atoms with E-state index in [1.165, 1.54) is 0 Å². The summed E-state index contributed by atoms with van der Waals surface area (Å²) in [5.74, 6) is 0.383. The van der Waals surface area contributed by atoms with Gasteiger partial charge in [-0.3, -0.25) is 0 Å². The van der Waals surface area contributed by atoms with Crippen molar-refractivity contribution in [3.8, 4) is 0 Å². The third-order valence-corrected chi connectivity index (χ3v) is 2.66. The van der Waals surface area contributed by atoms with Gasteiger partial charge in [-0.2, -0.15) is 0 Å². The Labute approximate surface area is 73.4 Å². The molecule has 12 heavy (non-hydrogen) atoms. The number of ether oxygens (including phenoxy) is 1. The molecule has 1 rings (SSSR count). The molecule has 3 heteroatoms. The predicted molar refractivity (Wildman–Crippen MR) is 47.7 cm³/mol. The van der Waals surface area contributed by atoms with E-state index in [1.807, 2.05) is 0 Å². The van der Waals surface area contributed by atoms with Crippen molar-refractivity contribution >= 4 is 6.21 Å². The lowest BCUT2D eigenvalue weighted by atomic mass is 9.86. The van der Waals surface area contributed by atoms with E-state index in [0.717, 1.165) is 25.9 Å². The number of oxime groups is 1. The molecule has 1 heterocycles. The van der Waals surface area contributed by atoms with Gasteiger partial charge in [-0.25, -0.2) is 0 Å².